The van der Waals surface area contributed by atoms with Gasteiger partial charge < -0.3 is 5.32 Å². The Morgan fingerprint density at radius 3 is 2.59 bits per heavy atom. The van der Waals surface area contributed by atoms with Crippen molar-refractivity contribution >= 4 is 11.8 Å². The number of nitrogens with zero attached hydrogens (tertiary/aromatic N) is 2. The molecule has 2 aliphatic rings. The van der Waals surface area contributed by atoms with Crippen molar-refractivity contribution in [1.82, 2.24) is 15.1 Å². The fourth-order valence-corrected chi connectivity index (χ4v) is 2.34. The van der Waals surface area contributed by atoms with E-state index in [1.54, 1.807) is 7.05 Å². The Balaban J connectivity index is 1.71. The van der Waals surface area contributed by atoms with Gasteiger partial charge in [0.05, 0.1) is 12.5 Å². The lowest BCUT2D eigenvalue weighted by Gasteiger charge is -2.20. The van der Waals surface area contributed by atoms with Crippen molar-refractivity contribution in [1.29, 1.82) is 0 Å². The van der Waals surface area contributed by atoms with E-state index in [0.717, 1.165) is 25.7 Å². The second kappa shape index (κ2) is 5.14. The number of amides is 2. The third kappa shape index (κ3) is 2.84. The summed E-state index contributed by atoms with van der Waals surface area (Å²) in [4.78, 5) is 26.6. The lowest BCUT2D eigenvalue weighted by Crippen LogP contribution is -2.41. The molecule has 1 saturated carbocycles. The molecule has 1 saturated heterocycles. The molecule has 0 radical (unpaired) electrons. The maximum Gasteiger partial charge on any atom is 0.246 e. The molecule has 0 bridgehead atoms. The zero-order valence-corrected chi connectivity index (χ0v) is 10.6. The molecule has 1 aliphatic carbocycles. The molecule has 5 heteroatoms. The zero-order chi connectivity index (χ0) is 12.4. The molecular weight excluding hydrogens is 218 g/mol. The van der Waals surface area contributed by atoms with E-state index in [9.17, 15) is 9.59 Å². The summed E-state index contributed by atoms with van der Waals surface area (Å²) >= 11 is 0. The number of rotatable bonds is 6. The Hall–Kier alpha value is -0.940. The van der Waals surface area contributed by atoms with Crippen molar-refractivity contribution < 1.29 is 9.59 Å². The fourth-order valence-electron chi connectivity index (χ4n) is 2.34. The van der Waals surface area contributed by atoms with Crippen LogP contribution in [-0.4, -0.2) is 60.4 Å². The fraction of sp³-hybridized carbons (Fsp3) is 0.833. The third-order valence-corrected chi connectivity index (χ3v) is 3.64. The van der Waals surface area contributed by atoms with Gasteiger partial charge in [-0.05, 0) is 19.4 Å². The maximum absolute atomic E-state index is 11.6. The van der Waals surface area contributed by atoms with E-state index in [1.165, 1.54) is 17.7 Å². The van der Waals surface area contributed by atoms with E-state index < -0.39 is 0 Å². The van der Waals surface area contributed by atoms with E-state index >= 15 is 0 Å². The first-order chi connectivity index (χ1) is 8.13. The average Bonchev–Trinajstić information content (AvgIpc) is 3.11. The van der Waals surface area contributed by atoms with Crippen LogP contribution in [0, 0.1) is 0 Å². The molecule has 0 aromatic carbocycles. The summed E-state index contributed by atoms with van der Waals surface area (Å²) in [6, 6.07) is 0.454. The minimum absolute atomic E-state index is 0.0814. The maximum atomic E-state index is 11.6. The molecule has 0 aromatic heterocycles. The summed E-state index contributed by atoms with van der Waals surface area (Å²) in [5.74, 6) is -0.175. The van der Waals surface area contributed by atoms with Crippen molar-refractivity contribution in [3.63, 3.8) is 0 Å². The molecule has 17 heavy (non-hydrogen) atoms. The van der Waals surface area contributed by atoms with Crippen LogP contribution in [0.3, 0.4) is 0 Å². The standard InChI is InChI=1S/C12H21N3O2/c1-3-15(9-4-5-9)7-6-13-10-8-11(16)14(2)12(10)17/h9-10,13H,3-8H2,1-2H3. The molecule has 1 aliphatic heterocycles. The minimum atomic E-state index is -0.301. The summed E-state index contributed by atoms with van der Waals surface area (Å²) in [7, 11) is 1.55. The molecular formula is C12H21N3O2. The predicted octanol–water partition coefficient (Wildman–Crippen LogP) is -0.182. The normalized spacial score (nSPS) is 25.1. The molecule has 2 rings (SSSR count). The first-order valence-electron chi connectivity index (χ1n) is 6.41. The first-order valence-corrected chi connectivity index (χ1v) is 6.41. The van der Waals surface area contributed by atoms with Crippen molar-refractivity contribution in [3.05, 3.63) is 0 Å². The SMILES string of the molecule is CCN(CCNC1CC(=O)N(C)C1=O)C1CC1. The topological polar surface area (TPSA) is 52.7 Å². The van der Waals surface area contributed by atoms with Crippen LogP contribution in [0.4, 0.5) is 0 Å². The van der Waals surface area contributed by atoms with Gasteiger partial charge >= 0.3 is 0 Å². The van der Waals surface area contributed by atoms with E-state index in [4.69, 9.17) is 0 Å². The summed E-state index contributed by atoms with van der Waals surface area (Å²) in [5.41, 5.74) is 0. The summed E-state index contributed by atoms with van der Waals surface area (Å²) in [5, 5.41) is 3.19. The highest BCUT2D eigenvalue weighted by Crippen LogP contribution is 2.25. The van der Waals surface area contributed by atoms with Crippen LogP contribution in [0.1, 0.15) is 26.2 Å². The summed E-state index contributed by atoms with van der Waals surface area (Å²) in [6.07, 6.45) is 2.92. The van der Waals surface area contributed by atoms with Crippen LogP contribution in [0.2, 0.25) is 0 Å². The van der Waals surface area contributed by atoms with Crippen LogP contribution in [0.25, 0.3) is 0 Å². The summed E-state index contributed by atoms with van der Waals surface area (Å²) < 4.78 is 0. The second-order valence-corrected chi connectivity index (χ2v) is 4.86. The van der Waals surface area contributed by atoms with Gasteiger partial charge in [0.1, 0.15) is 0 Å². The van der Waals surface area contributed by atoms with Crippen molar-refractivity contribution in [2.45, 2.75) is 38.3 Å². The number of carbonyl (C=O) groups excluding carboxylic acids is 2. The smallest absolute Gasteiger partial charge is 0.246 e. The number of likely N-dealkylation sites (tertiary alicyclic amines) is 1. The zero-order valence-electron chi connectivity index (χ0n) is 10.6. The van der Waals surface area contributed by atoms with E-state index in [0.29, 0.717) is 6.42 Å². The molecule has 2 fully saturated rings. The number of likely N-dealkylation sites (N-methyl/N-ethyl adjacent to an activating group) is 2. The van der Waals surface area contributed by atoms with Gasteiger partial charge in [-0.15, -0.1) is 0 Å². The van der Waals surface area contributed by atoms with Gasteiger partial charge in [-0.3, -0.25) is 19.4 Å². The predicted molar refractivity (Wildman–Crippen MR) is 64.5 cm³/mol. The molecule has 0 aromatic rings. The van der Waals surface area contributed by atoms with E-state index in [2.05, 4.69) is 17.1 Å². The summed E-state index contributed by atoms with van der Waals surface area (Å²) in [6.45, 7) is 4.96. The largest absolute Gasteiger partial charge is 0.304 e. The van der Waals surface area contributed by atoms with Gasteiger partial charge in [-0.2, -0.15) is 0 Å². The molecule has 96 valence electrons. The Kier molecular flexibility index (Phi) is 3.79. The second-order valence-electron chi connectivity index (χ2n) is 4.86. The monoisotopic (exact) mass is 239 g/mol. The third-order valence-electron chi connectivity index (χ3n) is 3.64. The van der Waals surface area contributed by atoms with Crippen molar-refractivity contribution in [2.75, 3.05) is 26.7 Å². The van der Waals surface area contributed by atoms with E-state index in [1.807, 2.05) is 0 Å². The van der Waals surface area contributed by atoms with Gasteiger partial charge in [0.2, 0.25) is 11.8 Å². The van der Waals surface area contributed by atoms with Crippen LogP contribution in [-0.2, 0) is 9.59 Å². The average molecular weight is 239 g/mol. The Morgan fingerprint density at radius 2 is 2.12 bits per heavy atom. The highest BCUT2D eigenvalue weighted by Gasteiger charge is 2.35. The lowest BCUT2D eigenvalue weighted by atomic mass is 10.2. The van der Waals surface area contributed by atoms with Crippen LogP contribution < -0.4 is 5.32 Å². The highest BCUT2D eigenvalue weighted by atomic mass is 16.2. The van der Waals surface area contributed by atoms with Crippen LogP contribution in [0.5, 0.6) is 0 Å². The molecule has 1 N–H and O–H groups in total. The van der Waals surface area contributed by atoms with Gasteiger partial charge in [0.25, 0.3) is 0 Å². The van der Waals surface area contributed by atoms with E-state index in [-0.39, 0.29) is 17.9 Å². The van der Waals surface area contributed by atoms with Gasteiger partial charge in [-0.1, -0.05) is 6.92 Å². The number of nitrogens with one attached hydrogen (secondary N) is 1. The first kappa shape index (κ1) is 12.5. The Labute approximate surface area is 102 Å². The quantitative estimate of drug-likeness (QED) is 0.653. The lowest BCUT2D eigenvalue weighted by molar-refractivity contribution is -0.137. The van der Waals surface area contributed by atoms with Crippen molar-refractivity contribution in [2.24, 2.45) is 0 Å². The Bertz CT molecular complexity index is 315. The molecule has 0 spiro atoms. The molecule has 5 nitrogen and oxygen atoms in total. The number of carbonyl (C=O) groups is 2. The number of imide groups is 1. The minimum Gasteiger partial charge on any atom is -0.304 e. The molecule has 1 atom stereocenters. The Morgan fingerprint density at radius 1 is 1.41 bits per heavy atom. The van der Waals surface area contributed by atoms with Crippen LogP contribution in [0.15, 0.2) is 0 Å². The molecule has 2 amide bonds. The van der Waals surface area contributed by atoms with Crippen LogP contribution >= 0.6 is 0 Å². The highest BCUT2D eigenvalue weighted by molar-refractivity contribution is 6.05. The van der Waals surface area contributed by atoms with Gasteiger partial charge in [0, 0.05) is 26.2 Å². The number of hydrogen-bond donors (Lipinski definition) is 1. The van der Waals surface area contributed by atoms with Gasteiger partial charge in [-0.25, -0.2) is 0 Å². The van der Waals surface area contributed by atoms with Gasteiger partial charge in [0.15, 0.2) is 0 Å². The number of hydrogen-bond acceptors (Lipinski definition) is 4. The molecule has 1 unspecified atom stereocenters. The van der Waals surface area contributed by atoms with Crippen molar-refractivity contribution in [3.8, 4) is 0 Å². The molecule has 1 heterocycles.